The highest BCUT2D eigenvalue weighted by atomic mass is 35.5. The second-order valence-electron chi connectivity index (χ2n) is 7.15. The van der Waals surface area contributed by atoms with E-state index in [-0.39, 0.29) is 18.5 Å². The van der Waals surface area contributed by atoms with E-state index in [1.807, 2.05) is 18.2 Å². The van der Waals surface area contributed by atoms with E-state index < -0.39 is 0 Å². The van der Waals surface area contributed by atoms with E-state index in [0.29, 0.717) is 28.7 Å². The zero-order valence-corrected chi connectivity index (χ0v) is 16.7. The molecule has 2 aliphatic rings. The van der Waals surface area contributed by atoms with Gasteiger partial charge in [0.15, 0.2) is 12.4 Å². The lowest BCUT2D eigenvalue weighted by molar-refractivity contribution is -0.118. The van der Waals surface area contributed by atoms with Crippen molar-refractivity contribution in [3.8, 4) is 5.75 Å². The van der Waals surface area contributed by atoms with Crippen molar-refractivity contribution in [2.45, 2.75) is 25.8 Å². The minimum Gasteiger partial charge on any atom is -0.479 e. The number of amides is 3. The van der Waals surface area contributed by atoms with Crippen molar-refractivity contribution in [3.05, 3.63) is 47.0 Å². The van der Waals surface area contributed by atoms with Crippen LogP contribution in [0.5, 0.6) is 5.75 Å². The van der Waals surface area contributed by atoms with Crippen LogP contribution in [0.2, 0.25) is 5.02 Å². The lowest BCUT2D eigenvalue weighted by Crippen LogP contribution is -2.33. The van der Waals surface area contributed by atoms with Crippen LogP contribution in [-0.4, -0.2) is 31.6 Å². The number of nitrogens with one attached hydrogen (secondary N) is 3. The molecule has 0 aliphatic carbocycles. The predicted octanol–water partition coefficient (Wildman–Crippen LogP) is 3.98. The van der Waals surface area contributed by atoms with E-state index in [4.69, 9.17) is 16.3 Å². The number of urea groups is 1. The van der Waals surface area contributed by atoms with Crippen LogP contribution < -0.4 is 25.6 Å². The number of benzene rings is 2. The summed E-state index contributed by atoms with van der Waals surface area (Å²) < 4.78 is 5.47. The molecule has 2 aromatic rings. The minimum atomic E-state index is -0.349. The third kappa shape index (κ3) is 4.56. The summed E-state index contributed by atoms with van der Waals surface area (Å²) >= 11 is 6.21. The summed E-state index contributed by atoms with van der Waals surface area (Å²) in [6, 6.07) is 10.6. The smallest absolute Gasteiger partial charge is 0.319 e. The third-order valence-electron chi connectivity index (χ3n) is 5.07. The highest BCUT2D eigenvalue weighted by molar-refractivity contribution is 6.30. The van der Waals surface area contributed by atoms with Crippen LogP contribution in [0.25, 0.3) is 0 Å². The van der Waals surface area contributed by atoms with Gasteiger partial charge >= 0.3 is 6.03 Å². The fourth-order valence-electron chi connectivity index (χ4n) is 3.67. The molecule has 0 aromatic heterocycles. The maximum atomic E-state index is 12.5. The van der Waals surface area contributed by atoms with Crippen LogP contribution in [0, 0.1) is 0 Å². The maximum Gasteiger partial charge on any atom is 0.319 e. The summed E-state index contributed by atoms with van der Waals surface area (Å²) in [6.45, 7) is 2.30. The van der Waals surface area contributed by atoms with Crippen LogP contribution in [0.4, 0.5) is 21.9 Å². The van der Waals surface area contributed by atoms with Crippen LogP contribution >= 0.6 is 11.6 Å². The Balaban J connectivity index is 1.43. The molecule has 8 heteroatoms. The highest BCUT2D eigenvalue weighted by Crippen LogP contribution is 2.35. The lowest BCUT2D eigenvalue weighted by atomic mass is 10.1. The van der Waals surface area contributed by atoms with Crippen LogP contribution in [0.15, 0.2) is 36.4 Å². The van der Waals surface area contributed by atoms with Gasteiger partial charge in [-0.1, -0.05) is 23.7 Å². The summed E-state index contributed by atoms with van der Waals surface area (Å²) in [6.07, 6.45) is 3.57. The lowest BCUT2D eigenvalue weighted by Gasteiger charge is -2.31. The average molecular weight is 415 g/mol. The fourth-order valence-corrected chi connectivity index (χ4v) is 3.84. The van der Waals surface area contributed by atoms with E-state index >= 15 is 0 Å². The molecular weight excluding hydrogens is 392 g/mol. The first kappa shape index (κ1) is 19.4. The summed E-state index contributed by atoms with van der Waals surface area (Å²) in [7, 11) is 0. The first-order valence-electron chi connectivity index (χ1n) is 9.74. The highest BCUT2D eigenvalue weighted by Gasteiger charge is 2.20. The van der Waals surface area contributed by atoms with Crippen molar-refractivity contribution < 1.29 is 14.3 Å². The number of piperidine rings is 1. The van der Waals surface area contributed by atoms with Gasteiger partial charge < -0.3 is 25.6 Å². The number of hydrogen-bond donors (Lipinski definition) is 3. The average Bonchev–Trinajstić information content (AvgIpc) is 2.73. The molecule has 4 rings (SSSR count). The van der Waals surface area contributed by atoms with E-state index in [9.17, 15) is 9.59 Å². The van der Waals surface area contributed by atoms with Gasteiger partial charge in [0.05, 0.1) is 11.4 Å². The van der Waals surface area contributed by atoms with Gasteiger partial charge in [-0.25, -0.2) is 4.79 Å². The molecule has 7 nitrogen and oxygen atoms in total. The van der Waals surface area contributed by atoms with E-state index in [1.165, 1.54) is 6.42 Å². The monoisotopic (exact) mass is 414 g/mol. The molecule has 1 saturated heterocycles. The minimum absolute atomic E-state index is 0.0721. The van der Waals surface area contributed by atoms with Crippen molar-refractivity contribution >= 4 is 40.6 Å². The molecule has 0 radical (unpaired) electrons. The number of carbonyl (C=O) groups excluding carboxylic acids is 2. The van der Waals surface area contributed by atoms with Gasteiger partial charge in [0.1, 0.15) is 0 Å². The van der Waals surface area contributed by atoms with Crippen LogP contribution in [0.3, 0.4) is 0 Å². The SMILES string of the molecule is O=C1COc2c(cccc2NC(=O)NCc2ccc(Cl)cc2N2CCCCC2)N1. The second-order valence-corrected chi connectivity index (χ2v) is 7.58. The number of hydrogen-bond acceptors (Lipinski definition) is 4. The second kappa shape index (κ2) is 8.61. The van der Waals surface area contributed by atoms with Crippen LogP contribution in [-0.2, 0) is 11.3 Å². The van der Waals surface area contributed by atoms with Gasteiger partial charge in [0.25, 0.3) is 5.91 Å². The molecule has 0 saturated carbocycles. The van der Waals surface area contributed by atoms with Crippen molar-refractivity contribution in [1.82, 2.24) is 5.32 Å². The van der Waals surface area contributed by atoms with Gasteiger partial charge in [-0.2, -0.15) is 0 Å². The molecule has 3 N–H and O–H groups in total. The molecule has 0 bridgehead atoms. The molecular formula is C21H23ClN4O3. The van der Waals surface area contributed by atoms with Gasteiger partial charge in [-0.3, -0.25) is 4.79 Å². The van der Waals surface area contributed by atoms with Gasteiger partial charge in [0, 0.05) is 30.3 Å². The Kier molecular flexibility index (Phi) is 5.76. The molecule has 0 unspecified atom stereocenters. The molecule has 0 atom stereocenters. The Bertz CT molecular complexity index is 928. The van der Waals surface area contributed by atoms with Crippen LogP contribution in [0.1, 0.15) is 24.8 Å². The van der Waals surface area contributed by atoms with Crippen molar-refractivity contribution in [2.75, 3.05) is 35.2 Å². The number of nitrogens with zero attached hydrogens (tertiary/aromatic N) is 1. The number of anilines is 3. The number of para-hydroxylation sites is 1. The number of carbonyl (C=O) groups is 2. The van der Waals surface area contributed by atoms with Crippen molar-refractivity contribution in [2.24, 2.45) is 0 Å². The first-order valence-corrected chi connectivity index (χ1v) is 10.1. The summed E-state index contributed by atoms with van der Waals surface area (Å²) in [5, 5.41) is 9.11. The quantitative estimate of drug-likeness (QED) is 0.706. The van der Waals surface area contributed by atoms with Crippen molar-refractivity contribution in [3.63, 3.8) is 0 Å². The molecule has 29 heavy (non-hydrogen) atoms. The molecule has 1 fully saturated rings. The fraction of sp³-hybridized carbons (Fsp3) is 0.333. The number of ether oxygens (including phenoxy) is 1. The largest absolute Gasteiger partial charge is 0.479 e. The van der Waals surface area contributed by atoms with E-state index in [2.05, 4.69) is 20.9 Å². The number of rotatable bonds is 4. The molecule has 2 aromatic carbocycles. The Morgan fingerprint density at radius 1 is 1.17 bits per heavy atom. The third-order valence-corrected chi connectivity index (χ3v) is 5.30. The molecule has 0 spiro atoms. The molecule has 2 aliphatic heterocycles. The maximum absolute atomic E-state index is 12.5. The zero-order valence-electron chi connectivity index (χ0n) is 16.0. The van der Waals surface area contributed by atoms with Gasteiger partial charge in [-0.05, 0) is 49.1 Å². The summed E-state index contributed by atoms with van der Waals surface area (Å²) in [5.41, 5.74) is 3.14. The Morgan fingerprint density at radius 3 is 2.83 bits per heavy atom. The predicted molar refractivity (Wildman–Crippen MR) is 114 cm³/mol. The number of fused-ring (bicyclic) bond motifs is 1. The molecule has 2 heterocycles. The zero-order chi connectivity index (χ0) is 20.2. The van der Waals surface area contributed by atoms with Gasteiger partial charge in [0.2, 0.25) is 0 Å². The number of halogens is 1. The first-order chi connectivity index (χ1) is 14.1. The van der Waals surface area contributed by atoms with Crippen molar-refractivity contribution in [1.29, 1.82) is 0 Å². The molecule has 3 amide bonds. The van der Waals surface area contributed by atoms with E-state index in [0.717, 1.165) is 37.2 Å². The Hall–Kier alpha value is -2.93. The topological polar surface area (TPSA) is 82.7 Å². The van der Waals surface area contributed by atoms with E-state index in [1.54, 1.807) is 18.2 Å². The Labute approximate surface area is 174 Å². The Morgan fingerprint density at radius 2 is 2.00 bits per heavy atom. The summed E-state index contributed by atoms with van der Waals surface area (Å²) in [4.78, 5) is 26.3. The normalized spacial score (nSPS) is 15.8. The summed E-state index contributed by atoms with van der Waals surface area (Å²) in [5.74, 6) is 0.245. The molecule has 152 valence electrons. The van der Waals surface area contributed by atoms with Gasteiger partial charge in [-0.15, -0.1) is 0 Å². The standard InChI is InChI=1S/C21H23ClN4O3/c22-15-8-7-14(18(11-15)26-9-2-1-3-10-26)12-23-21(28)25-17-6-4-5-16-20(17)29-13-19(27)24-16/h4-8,11H,1-3,9-10,12-13H2,(H,24,27)(H2,23,25,28).